The van der Waals surface area contributed by atoms with Gasteiger partial charge in [0.2, 0.25) is 0 Å². The molecule has 2 fully saturated rings. The molecule has 0 spiro atoms. The van der Waals surface area contributed by atoms with Gasteiger partial charge in [0.15, 0.2) is 5.69 Å². The maximum atomic E-state index is 15.2. The first-order valence-corrected chi connectivity index (χ1v) is 15.1. The monoisotopic (exact) mass is 607 g/mol. The zero-order valence-corrected chi connectivity index (χ0v) is 24.2. The van der Waals surface area contributed by atoms with Crippen molar-refractivity contribution >= 4 is 35.0 Å². The van der Waals surface area contributed by atoms with Crippen molar-refractivity contribution < 1.29 is 31.3 Å². The largest absolute Gasteiger partial charge is 0.546 e. The summed E-state index contributed by atoms with van der Waals surface area (Å²) in [5.41, 5.74) is -0.575. The number of urea groups is 1. The van der Waals surface area contributed by atoms with Crippen molar-refractivity contribution in [2.45, 2.75) is 31.0 Å². The highest BCUT2D eigenvalue weighted by atomic mass is 32.2. The summed E-state index contributed by atoms with van der Waals surface area (Å²) in [6, 6.07) is 2.87. The number of halogens is 5. The van der Waals surface area contributed by atoms with Crippen LogP contribution in [0.4, 0.5) is 32.4 Å². The molecule has 4 aliphatic heterocycles. The van der Waals surface area contributed by atoms with E-state index in [0.717, 1.165) is 68.4 Å². The molecule has 0 aliphatic carbocycles. The average molecular weight is 608 g/mol. The fourth-order valence-electron chi connectivity index (χ4n) is 6.19. The van der Waals surface area contributed by atoms with E-state index in [0.29, 0.717) is 37.9 Å². The Bertz CT molecular complexity index is 1480. The van der Waals surface area contributed by atoms with E-state index in [9.17, 15) is 22.4 Å². The zero-order chi connectivity index (χ0) is 29.8. The average Bonchev–Trinajstić information content (AvgIpc) is 2.95. The van der Waals surface area contributed by atoms with Crippen molar-refractivity contribution in [2.75, 3.05) is 64.7 Å². The quantitative estimate of drug-likeness (QED) is 0.404. The van der Waals surface area contributed by atoms with Crippen LogP contribution in [0, 0.1) is 11.6 Å². The van der Waals surface area contributed by atoms with Crippen LogP contribution >= 0.6 is 11.8 Å². The number of likely N-dealkylation sites (N-methyl/N-ethyl adjacent to an activating group) is 1. The summed E-state index contributed by atoms with van der Waals surface area (Å²) < 4.78 is 74.7. The maximum Gasteiger partial charge on any atom is 0.546 e. The second-order valence-electron chi connectivity index (χ2n) is 11.0. The third-order valence-corrected chi connectivity index (χ3v) is 9.57. The molecule has 0 radical (unpaired) electrons. The normalized spacial score (nSPS) is 22.0. The van der Waals surface area contributed by atoms with E-state index < -0.39 is 29.4 Å². The molecule has 13 heteroatoms. The molecule has 6 rings (SSSR count). The number of carbonyl (C=O) groups excluding carboxylic acids is 1. The van der Waals surface area contributed by atoms with E-state index >= 15 is 4.39 Å². The van der Waals surface area contributed by atoms with E-state index in [1.807, 2.05) is 11.8 Å². The molecule has 4 heterocycles. The summed E-state index contributed by atoms with van der Waals surface area (Å²) in [6.07, 6.45) is -4.85. The van der Waals surface area contributed by atoms with E-state index in [2.05, 4.69) is 27.0 Å². The third kappa shape index (κ3) is 5.24. The standard InChI is InChI=1S/C29H32F5N6OS/c1-3-37-8-10-38(11-9-37)15-19-16-42-26-24(20-5-4-18(30)12-23(20)31)22(29(32,33)34)13-21-25(26)40(19)28(41)36-27(21)39-7-6-35-14-17(39)2/h4-5,12-13,17,35H,3,6-11,14-16H2,1-2H3/q+1/t17-/m0/s1. The smallest absolute Gasteiger partial charge is 0.330 e. The van der Waals surface area contributed by atoms with Gasteiger partial charge in [-0.15, -0.1) is 11.8 Å². The summed E-state index contributed by atoms with van der Waals surface area (Å²) in [5.74, 6) is -1.56. The van der Waals surface area contributed by atoms with Crippen LogP contribution in [-0.2, 0) is 6.18 Å². The number of rotatable bonds is 4. The Labute approximate surface area is 245 Å². The number of hydrogen-bond donors (Lipinski definition) is 1. The van der Waals surface area contributed by atoms with Crippen molar-refractivity contribution in [3.63, 3.8) is 0 Å². The van der Waals surface area contributed by atoms with E-state index in [1.165, 1.54) is 4.58 Å². The van der Waals surface area contributed by atoms with Crippen LogP contribution in [-0.4, -0.2) is 108 Å². The minimum Gasteiger partial charge on any atom is -0.330 e. The maximum absolute atomic E-state index is 15.2. The number of hydrogen-bond acceptors (Lipinski definition) is 6. The lowest BCUT2D eigenvalue weighted by molar-refractivity contribution is -0.337. The van der Waals surface area contributed by atoms with Gasteiger partial charge in [0.1, 0.15) is 17.3 Å². The molecule has 7 nitrogen and oxygen atoms in total. The minimum absolute atomic E-state index is 0.120. The number of carbonyl (C=O) groups is 1. The first kappa shape index (κ1) is 29.2. The van der Waals surface area contributed by atoms with Crippen LogP contribution in [0.15, 0.2) is 34.2 Å². The SMILES string of the molecule is CCN1CCN(CC2=[N+]3C(=O)N=C(N4CCNC[C@@H]4C)c4cc(C(F)(F)F)c(-c5ccc(F)cc5F)c(c43)SC2)CC1. The highest BCUT2D eigenvalue weighted by Crippen LogP contribution is 2.51. The predicted octanol–water partition coefficient (Wildman–Crippen LogP) is 4.65. The highest BCUT2D eigenvalue weighted by molar-refractivity contribution is 8.00. The molecule has 2 saturated heterocycles. The van der Waals surface area contributed by atoms with Crippen LogP contribution in [0.3, 0.4) is 0 Å². The number of benzene rings is 2. The predicted molar refractivity (Wildman–Crippen MR) is 152 cm³/mol. The second kappa shape index (κ2) is 11.3. The minimum atomic E-state index is -4.85. The molecule has 2 aromatic carbocycles. The number of amides is 2. The van der Waals surface area contributed by atoms with Gasteiger partial charge in [-0.2, -0.15) is 22.5 Å². The Morgan fingerprint density at radius 3 is 2.48 bits per heavy atom. The first-order valence-electron chi connectivity index (χ1n) is 14.1. The lowest BCUT2D eigenvalue weighted by atomic mass is 9.93. The Morgan fingerprint density at radius 1 is 1.07 bits per heavy atom. The fraction of sp³-hybridized carbons (Fsp3) is 0.483. The Hall–Kier alpha value is -2.87. The van der Waals surface area contributed by atoms with Crippen molar-refractivity contribution in [1.29, 1.82) is 0 Å². The van der Waals surface area contributed by atoms with Gasteiger partial charge in [-0.1, -0.05) is 6.92 Å². The first-order chi connectivity index (χ1) is 20.1. The van der Waals surface area contributed by atoms with Crippen LogP contribution in [0.5, 0.6) is 0 Å². The van der Waals surface area contributed by atoms with Gasteiger partial charge in [-0.25, -0.2) is 8.78 Å². The van der Waals surface area contributed by atoms with Crippen LogP contribution in [0.1, 0.15) is 25.0 Å². The molecule has 4 aliphatic rings. The molecular formula is C29H32F5N6OS+. The number of alkyl halides is 3. The Morgan fingerprint density at radius 2 is 1.81 bits per heavy atom. The van der Waals surface area contributed by atoms with E-state index in [1.54, 1.807) is 0 Å². The molecular weight excluding hydrogens is 575 g/mol. The number of amidine groups is 1. The second-order valence-corrected chi connectivity index (χ2v) is 12.0. The number of thioether (sulfide) groups is 1. The van der Waals surface area contributed by atoms with Crippen molar-refractivity contribution in [2.24, 2.45) is 4.99 Å². The van der Waals surface area contributed by atoms with Gasteiger partial charge in [0.25, 0.3) is 5.84 Å². The molecule has 0 bridgehead atoms. The van der Waals surface area contributed by atoms with Gasteiger partial charge in [-0.3, -0.25) is 4.90 Å². The molecule has 1 atom stereocenters. The topological polar surface area (TPSA) is 54.2 Å². The summed E-state index contributed by atoms with van der Waals surface area (Å²) in [7, 11) is 0. The van der Waals surface area contributed by atoms with Crippen LogP contribution in [0.2, 0.25) is 0 Å². The molecule has 0 aromatic heterocycles. The molecule has 224 valence electrons. The molecule has 1 N–H and O–H groups in total. The lowest BCUT2D eigenvalue weighted by Crippen LogP contribution is -2.54. The molecule has 0 saturated carbocycles. The molecule has 42 heavy (non-hydrogen) atoms. The van der Waals surface area contributed by atoms with E-state index in [4.69, 9.17) is 0 Å². The van der Waals surface area contributed by atoms with Crippen LogP contribution in [0.25, 0.3) is 11.1 Å². The van der Waals surface area contributed by atoms with Crippen molar-refractivity contribution in [1.82, 2.24) is 20.0 Å². The van der Waals surface area contributed by atoms with Gasteiger partial charge < -0.3 is 15.1 Å². The van der Waals surface area contributed by atoms with Crippen molar-refractivity contribution in [3.05, 3.63) is 47.0 Å². The number of nitrogens with zero attached hydrogens (tertiary/aromatic N) is 5. The number of piperazine rings is 2. The number of nitrogens with one attached hydrogen (secondary N) is 1. The number of aliphatic imine (C=N–C) groups is 1. The zero-order valence-electron chi connectivity index (χ0n) is 23.4. The lowest BCUT2D eigenvalue weighted by Gasteiger charge is -2.37. The summed E-state index contributed by atoms with van der Waals surface area (Å²) in [5, 5.41) is 3.26. The Kier molecular flexibility index (Phi) is 7.88. The third-order valence-electron chi connectivity index (χ3n) is 8.41. The Balaban J connectivity index is 1.57. The fourth-order valence-corrected chi connectivity index (χ4v) is 7.42. The summed E-state index contributed by atoms with van der Waals surface area (Å²) >= 11 is 1.16. The summed E-state index contributed by atoms with van der Waals surface area (Å²) in [6.45, 7) is 10.5. The highest BCUT2D eigenvalue weighted by Gasteiger charge is 2.47. The van der Waals surface area contributed by atoms with Crippen molar-refractivity contribution in [3.8, 4) is 11.1 Å². The van der Waals surface area contributed by atoms with Gasteiger partial charge in [0, 0.05) is 74.0 Å². The molecule has 2 aromatic rings. The summed E-state index contributed by atoms with van der Waals surface area (Å²) in [4.78, 5) is 24.8. The molecule has 0 unspecified atom stereocenters. The van der Waals surface area contributed by atoms with Gasteiger partial charge in [-0.05, 0) is 31.7 Å². The van der Waals surface area contributed by atoms with Crippen LogP contribution < -0.4 is 5.32 Å². The van der Waals surface area contributed by atoms with E-state index in [-0.39, 0.29) is 39.2 Å². The van der Waals surface area contributed by atoms with Gasteiger partial charge >= 0.3 is 12.2 Å². The van der Waals surface area contributed by atoms with Gasteiger partial charge in [0.05, 0.1) is 28.3 Å². The molecule has 2 amide bonds.